The first-order valence-corrected chi connectivity index (χ1v) is 10.4. The molecular weight excluding hydrogens is 370 g/mol. The second-order valence-electron chi connectivity index (χ2n) is 6.71. The van der Waals surface area contributed by atoms with Gasteiger partial charge in [0.05, 0.1) is 28.3 Å². The molecular formula is C22H21N3O2S. The molecule has 3 aromatic rings. The normalized spacial score (nSPS) is 12.4. The van der Waals surface area contributed by atoms with Crippen molar-refractivity contribution < 1.29 is 8.42 Å². The van der Waals surface area contributed by atoms with E-state index in [0.717, 1.165) is 22.4 Å². The molecule has 3 rings (SSSR count). The van der Waals surface area contributed by atoms with E-state index < -0.39 is 16.1 Å². The van der Waals surface area contributed by atoms with Gasteiger partial charge in [-0.2, -0.15) is 5.26 Å². The first kappa shape index (κ1) is 19.7. The van der Waals surface area contributed by atoms with Crippen molar-refractivity contribution in [1.29, 1.82) is 5.26 Å². The fourth-order valence-corrected chi connectivity index (χ4v) is 4.32. The van der Waals surface area contributed by atoms with Crippen molar-refractivity contribution in [2.75, 3.05) is 0 Å². The van der Waals surface area contributed by atoms with Gasteiger partial charge < -0.3 is 0 Å². The molecule has 0 radical (unpaired) electrons. The zero-order valence-corrected chi connectivity index (χ0v) is 16.8. The van der Waals surface area contributed by atoms with E-state index in [1.165, 1.54) is 0 Å². The summed E-state index contributed by atoms with van der Waals surface area (Å²) >= 11 is 0. The van der Waals surface area contributed by atoms with Gasteiger partial charge in [-0.1, -0.05) is 24.3 Å². The molecule has 0 aliphatic rings. The third-order valence-corrected chi connectivity index (χ3v) is 6.06. The van der Waals surface area contributed by atoms with Gasteiger partial charge in [0, 0.05) is 5.69 Å². The van der Waals surface area contributed by atoms with Crippen LogP contribution < -0.4 is 4.72 Å². The van der Waals surface area contributed by atoms with Crippen LogP contribution in [0.25, 0.3) is 11.1 Å². The van der Waals surface area contributed by atoms with Crippen LogP contribution in [0.4, 0.5) is 0 Å². The number of aryl methyl sites for hydroxylation is 2. The van der Waals surface area contributed by atoms with Gasteiger partial charge in [-0.05, 0) is 73.9 Å². The molecule has 0 spiro atoms. The van der Waals surface area contributed by atoms with Crippen molar-refractivity contribution in [2.45, 2.75) is 31.7 Å². The Morgan fingerprint density at radius 1 is 1.04 bits per heavy atom. The summed E-state index contributed by atoms with van der Waals surface area (Å²) in [5.41, 5.74) is 4.81. The highest BCUT2D eigenvalue weighted by Crippen LogP contribution is 2.26. The summed E-state index contributed by atoms with van der Waals surface area (Å²) in [5.74, 6) is 0. The van der Waals surface area contributed by atoms with Crippen molar-refractivity contribution >= 4 is 10.0 Å². The zero-order chi connectivity index (χ0) is 20.3. The average Bonchev–Trinajstić information content (AvgIpc) is 2.67. The molecule has 0 saturated heterocycles. The minimum Gasteiger partial charge on any atom is -0.256 e. The highest BCUT2D eigenvalue weighted by atomic mass is 32.2. The maximum absolute atomic E-state index is 12.8. The molecule has 0 fully saturated rings. The van der Waals surface area contributed by atoms with Crippen LogP contribution in [-0.4, -0.2) is 13.4 Å². The number of nitriles is 1. The topological polar surface area (TPSA) is 82.9 Å². The van der Waals surface area contributed by atoms with Gasteiger partial charge in [0.15, 0.2) is 0 Å². The standard InChI is InChI=1S/C22H21N3O2S/c1-15-13-20(11-12-21(15)19-9-7-18(14-23)8-10-19)28(26,27)25-17(3)22-6-4-5-16(2)24-22/h4-13,17,25H,1-3H3. The second-order valence-corrected chi connectivity index (χ2v) is 8.43. The van der Waals surface area contributed by atoms with Crippen LogP contribution in [0.1, 0.15) is 35.5 Å². The lowest BCUT2D eigenvalue weighted by Crippen LogP contribution is -2.27. The molecule has 0 aliphatic carbocycles. The number of aromatic nitrogens is 1. The van der Waals surface area contributed by atoms with Gasteiger partial charge in [-0.25, -0.2) is 13.1 Å². The average molecular weight is 391 g/mol. The van der Waals surface area contributed by atoms with Gasteiger partial charge in [-0.15, -0.1) is 0 Å². The fourth-order valence-electron chi connectivity index (χ4n) is 3.02. The molecule has 1 unspecified atom stereocenters. The van der Waals surface area contributed by atoms with E-state index >= 15 is 0 Å². The summed E-state index contributed by atoms with van der Waals surface area (Å²) in [6, 6.07) is 19.4. The quantitative estimate of drug-likeness (QED) is 0.704. The van der Waals surface area contributed by atoms with Crippen molar-refractivity contribution in [3.05, 3.63) is 83.2 Å². The Kier molecular flexibility index (Phi) is 5.59. The molecule has 5 nitrogen and oxygen atoms in total. The van der Waals surface area contributed by atoms with E-state index in [2.05, 4.69) is 15.8 Å². The fraction of sp³-hybridized carbons (Fsp3) is 0.182. The molecule has 1 N–H and O–H groups in total. The minimum absolute atomic E-state index is 0.210. The van der Waals surface area contributed by atoms with E-state index in [1.807, 2.05) is 38.1 Å². The highest BCUT2D eigenvalue weighted by Gasteiger charge is 2.20. The van der Waals surface area contributed by atoms with Crippen molar-refractivity contribution in [3.63, 3.8) is 0 Å². The Morgan fingerprint density at radius 3 is 2.36 bits per heavy atom. The Hall–Kier alpha value is -3.01. The Morgan fingerprint density at radius 2 is 1.75 bits per heavy atom. The molecule has 142 valence electrons. The smallest absolute Gasteiger partial charge is 0.241 e. The molecule has 1 atom stereocenters. The van der Waals surface area contributed by atoms with Gasteiger partial charge >= 0.3 is 0 Å². The van der Waals surface area contributed by atoms with Gasteiger partial charge in [-0.3, -0.25) is 4.98 Å². The van der Waals surface area contributed by atoms with E-state index in [4.69, 9.17) is 5.26 Å². The predicted molar refractivity (Wildman–Crippen MR) is 109 cm³/mol. The van der Waals surface area contributed by atoms with Crippen LogP contribution >= 0.6 is 0 Å². The van der Waals surface area contributed by atoms with E-state index in [-0.39, 0.29) is 4.90 Å². The Bertz CT molecular complexity index is 1150. The molecule has 0 bridgehead atoms. The lowest BCUT2D eigenvalue weighted by Gasteiger charge is -2.15. The number of hydrogen-bond acceptors (Lipinski definition) is 4. The number of sulfonamides is 1. The van der Waals surface area contributed by atoms with Crippen LogP contribution in [0.2, 0.25) is 0 Å². The number of nitrogens with one attached hydrogen (secondary N) is 1. The maximum atomic E-state index is 12.8. The summed E-state index contributed by atoms with van der Waals surface area (Å²) in [7, 11) is -3.69. The van der Waals surface area contributed by atoms with E-state index in [0.29, 0.717) is 11.3 Å². The van der Waals surface area contributed by atoms with Crippen LogP contribution in [0.3, 0.4) is 0 Å². The number of nitrogens with zero attached hydrogens (tertiary/aromatic N) is 2. The minimum atomic E-state index is -3.69. The summed E-state index contributed by atoms with van der Waals surface area (Å²) in [6.07, 6.45) is 0. The third kappa shape index (κ3) is 4.28. The molecule has 0 aliphatic heterocycles. The number of benzene rings is 2. The monoisotopic (exact) mass is 391 g/mol. The van der Waals surface area contributed by atoms with Crippen LogP contribution in [0, 0.1) is 25.2 Å². The van der Waals surface area contributed by atoms with Crippen molar-refractivity contribution in [1.82, 2.24) is 9.71 Å². The van der Waals surface area contributed by atoms with Crippen LogP contribution in [-0.2, 0) is 10.0 Å². The molecule has 1 heterocycles. The van der Waals surface area contributed by atoms with Crippen LogP contribution in [0.5, 0.6) is 0 Å². The molecule has 28 heavy (non-hydrogen) atoms. The summed E-state index contributed by atoms with van der Waals surface area (Å²) < 4.78 is 28.3. The number of hydrogen-bond donors (Lipinski definition) is 1. The second kappa shape index (κ2) is 7.93. The lowest BCUT2D eigenvalue weighted by molar-refractivity contribution is 0.563. The Balaban J connectivity index is 1.86. The Labute approximate surface area is 165 Å². The largest absolute Gasteiger partial charge is 0.256 e. The number of rotatable bonds is 5. The molecule has 2 aromatic carbocycles. The highest BCUT2D eigenvalue weighted by molar-refractivity contribution is 7.89. The van der Waals surface area contributed by atoms with Gasteiger partial charge in [0.1, 0.15) is 0 Å². The maximum Gasteiger partial charge on any atom is 0.241 e. The van der Waals surface area contributed by atoms with Crippen molar-refractivity contribution in [2.24, 2.45) is 0 Å². The predicted octanol–water partition coefficient (Wildman–Crippen LogP) is 4.28. The van der Waals surface area contributed by atoms with E-state index in [1.54, 1.807) is 43.3 Å². The first-order chi connectivity index (χ1) is 13.3. The van der Waals surface area contributed by atoms with Gasteiger partial charge in [0.2, 0.25) is 10.0 Å². The first-order valence-electron chi connectivity index (χ1n) is 8.87. The summed E-state index contributed by atoms with van der Waals surface area (Å²) in [5, 5.41) is 8.92. The number of pyridine rings is 1. The molecule has 6 heteroatoms. The summed E-state index contributed by atoms with van der Waals surface area (Å²) in [4.78, 5) is 4.60. The molecule has 1 aromatic heterocycles. The van der Waals surface area contributed by atoms with Crippen molar-refractivity contribution in [3.8, 4) is 17.2 Å². The van der Waals surface area contributed by atoms with E-state index in [9.17, 15) is 8.42 Å². The third-order valence-electron chi connectivity index (χ3n) is 4.52. The molecule has 0 saturated carbocycles. The SMILES string of the molecule is Cc1cccc(C(C)NS(=O)(=O)c2ccc(-c3ccc(C#N)cc3)c(C)c2)n1. The lowest BCUT2D eigenvalue weighted by atomic mass is 10.00. The molecule has 0 amide bonds. The van der Waals surface area contributed by atoms with Gasteiger partial charge in [0.25, 0.3) is 0 Å². The zero-order valence-electron chi connectivity index (χ0n) is 16.0. The summed E-state index contributed by atoms with van der Waals surface area (Å²) in [6.45, 7) is 5.52. The van der Waals surface area contributed by atoms with Crippen LogP contribution in [0.15, 0.2) is 65.6 Å².